The molecular formula is C14H16N4O3S. The number of H-pyrrole nitrogens is 1. The summed E-state index contributed by atoms with van der Waals surface area (Å²) in [7, 11) is 0. The van der Waals surface area contributed by atoms with Gasteiger partial charge in [-0.2, -0.15) is 0 Å². The maximum absolute atomic E-state index is 11.7. The Morgan fingerprint density at radius 2 is 2.09 bits per heavy atom. The average molecular weight is 320 g/mol. The lowest BCUT2D eigenvalue weighted by Crippen LogP contribution is -2.42. The Kier molecular flexibility index (Phi) is 4.32. The summed E-state index contributed by atoms with van der Waals surface area (Å²) in [6.07, 6.45) is 0. The van der Waals surface area contributed by atoms with Crippen LogP contribution in [0, 0.1) is 10.1 Å². The molecule has 1 aliphatic rings. The number of nitro benzene ring substituents is 1. The lowest BCUT2D eigenvalue weighted by Gasteiger charge is -2.26. The van der Waals surface area contributed by atoms with Gasteiger partial charge in [0.05, 0.1) is 10.6 Å². The number of hydrogen-bond donors (Lipinski definition) is 2. The number of thiazole rings is 1. The molecule has 0 spiro atoms. The number of piperazine rings is 1. The fourth-order valence-electron chi connectivity index (χ4n) is 2.55. The van der Waals surface area contributed by atoms with Crippen molar-refractivity contribution in [2.24, 2.45) is 0 Å². The molecule has 0 radical (unpaired) electrons. The number of aromatic amines is 1. The zero-order chi connectivity index (χ0) is 15.5. The number of nitrogens with one attached hydrogen (secondary N) is 2. The van der Waals surface area contributed by atoms with E-state index in [0.29, 0.717) is 17.8 Å². The van der Waals surface area contributed by atoms with E-state index in [1.165, 1.54) is 23.5 Å². The molecule has 0 unspecified atom stereocenters. The van der Waals surface area contributed by atoms with Crippen LogP contribution < -0.4 is 10.2 Å². The molecule has 1 saturated heterocycles. The van der Waals surface area contributed by atoms with Gasteiger partial charge in [0.15, 0.2) is 0 Å². The Morgan fingerprint density at radius 1 is 1.32 bits per heavy atom. The molecule has 2 aromatic rings. The van der Waals surface area contributed by atoms with Crippen molar-refractivity contribution in [2.45, 2.75) is 6.54 Å². The third-order valence-electron chi connectivity index (χ3n) is 3.64. The first kappa shape index (κ1) is 14.9. The fourth-order valence-corrected chi connectivity index (χ4v) is 3.45. The number of hydrogen-bond acceptors (Lipinski definition) is 6. The minimum Gasteiger partial charge on any atom is -0.314 e. The second kappa shape index (κ2) is 6.39. The van der Waals surface area contributed by atoms with E-state index in [2.05, 4.69) is 15.2 Å². The minimum atomic E-state index is -0.427. The van der Waals surface area contributed by atoms with Crippen LogP contribution >= 0.6 is 11.3 Å². The van der Waals surface area contributed by atoms with E-state index < -0.39 is 4.92 Å². The smallest absolute Gasteiger partial charge is 0.305 e. The first-order valence-electron chi connectivity index (χ1n) is 7.03. The Bertz CT molecular complexity index is 734. The molecule has 1 fully saturated rings. The van der Waals surface area contributed by atoms with E-state index in [1.807, 2.05) is 0 Å². The van der Waals surface area contributed by atoms with Crippen LogP contribution in [-0.2, 0) is 6.54 Å². The predicted molar refractivity (Wildman–Crippen MR) is 85.2 cm³/mol. The Morgan fingerprint density at radius 3 is 2.82 bits per heavy atom. The minimum absolute atomic E-state index is 0.0256. The van der Waals surface area contributed by atoms with Gasteiger partial charge >= 0.3 is 4.87 Å². The van der Waals surface area contributed by atoms with Crippen molar-refractivity contribution in [3.63, 3.8) is 0 Å². The van der Waals surface area contributed by atoms with Gasteiger partial charge in [0.2, 0.25) is 0 Å². The van der Waals surface area contributed by atoms with Crippen molar-refractivity contribution in [3.05, 3.63) is 48.9 Å². The first-order chi connectivity index (χ1) is 10.6. The first-order valence-corrected chi connectivity index (χ1v) is 7.85. The van der Waals surface area contributed by atoms with Crippen LogP contribution in [0.5, 0.6) is 0 Å². The highest BCUT2D eigenvalue weighted by atomic mass is 32.1. The molecule has 2 N–H and O–H groups in total. The molecule has 8 heteroatoms. The third-order valence-corrected chi connectivity index (χ3v) is 4.51. The lowest BCUT2D eigenvalue weighted by atomic mass is 10.1. The second-order valence-electron chi connectivity index (χ2n) is 5.15. The SMILES string of the molecule is O=c1[nH]c(-c2cccc([N+](=O)[O-])c2)c(CN2CCNCC2)s1. The molecule has 1 aliphatic heterocycles. The fraction of sp³-hybridized carbons (Fsp3) is 0.357. The van der Waals surface area contributed by atoms with E-state index in [1.54, 1.807) is 12.1 Å². The van der Waals surface area contributed by atoms with Gasteiger partial charge in [0.1, 0.15) is 0 Å². The zero-order valence-corrected chi connectivity index (χ0v) is 12.7. The van der Waals surface area contributed by atoms with Crippen molar-refractivity contribution in [1.29, 1.82) is 0 Å². The monoisotopic (exact) mass is 320 g/mol. The second-order valence-corrected chi connectivity index (χ2v) is 6.21. The van der Waals surface area contributed by atoms with Crippen LogP contribution in [0.4, 0.5) is 5.69 Å². The Balaban J connectivity index is 1.91. The van der Waals surface area contributed by atoms with Crippen LogP contribution in [0.2, 0.25) is 0 Å². The summed E-state index contributed by atoms with van der Waals surface area (Å²) in [5.41, 5.74) is 1.40. The number of nitro groups is 1. The molecule has 0 saturated carbocycles. The lowest BCUT2D eigenvalue weighted by molar-refractivity contribution is -0.384. The molecule has 1 aromatic heterocycles. The highest BCUT2D eigenvalue weighted by molar-refractivity contribution is 7.09. The topological polar surface area (TPSA) is 91.3 Å². The molecule has 0 atom stereocenters. The summed E-state index contributed by atoms with van der Waals surface area (Å²) >= 11 is 1.17. The van der Waals surface area contributed by atoms with Gasteiger partial charge in [-0.3, -0.25) is 19.8 Å². The van der Waals surface area contributed by atoms with Gasteiger partial charge in [-0.15, -0.1) is 0 Å². The zero-order valence-electron chi connectivity index (χ0n) is 11.9. The molecule has 0 aliphatic carbocycles. The van der Waals surface area contributed by atoms with Crippen LogP contribution in [-0.4, -0.2) is 41.0 Å². The average Bonchev–Trinajstić information content (AvgIpc) is 2.89. The molecular weight excluding hydrogens is 304 g/mol. The van der Waals surface area contributed by atoms with Crippen LogP contribution in [0.15, 0.2) is 29.1 Å². The van der Waals surface area contributed by atoms with Crippen molar-refractivity contribution < 1.29 is 4.92 Å². The number of rotatable bonds is 4. The van der Waals surface area contributed by atoms with Crippen LogP contribution in [0.1, 0.15) is 4.88 Å². The third kappa shape index (κ3) is 3.24. The molecule has 2 heterocycles. The summed E-state index contributed by atoms with van der Waals surface area (Å²) in [6, 6.07) is 6.37. The van der Waals surface area contributed by atoms with Crippen molar-refractivity contribution in [2.75, 3.05) is 26.2 Å². The summed E-state index contributed by atoms with van der Waals surface area (Å²) in [4.78, 5) is 28.1. The maximum atomic E-state index is 11.7. The molecule has 0 bridgehead atoms. The van der Waals surface area contributed by atoms with Crippen molar-refractivity contribution >= 4 is 17.0 Å². The summed E-state index contributed by atoms with van der Waals surface area (Å²) in [5, 5.41) is 14.2. The summed E-state index contributed by atoms with van der Waals surface area (Å²) in [5.74, 6) is 0. The molecule has 3 rings (SSSR count). The van der Waals surface area contributed by atoms with E-state index in [-0.39, 0.29) is 10.6 Å². The molecule has 116 valence electrons. The Hall–Kier alpha value is -2.03. The van der Waals surface area contributed by atoms with Crippen molar-refractivity contribution in [1.82, 2.24) is 15.2 Å². The van der Waals surface area contributed by atoms with Gasteiger partial charge < -0.3 is 10.3 Å². The van der Waals surface area contributed by atoms with Gasteiger partial charge in [0, 0.05) is 55.3 Å². The van der Waals surface area contributed by atoms with Crippen LogP contribution in [0.25, 0.3) is 11.3 Å². The number of benzene rings is 1. The Labute approximate surface area is 130 Å². The summed E-state index contributed by atoms with van der Waals surface area (Å²) < 4.78 is 0. The largest absolute Gasteiger partial charge is 0.314 e. The van der Waals surface area contributed by atoms with E-state index >= 15 is 0 Å². The molecule has 0 amide bonds. The molecule has 22 heavy (non-hydrogen) atoms. The van der Waals surface area contributed by atoms with E-state index in [4.69, 9.17) is 0 Å². The highest BCUT2D eigenvalue weighted by Gasteiger charge is 2.17. The normalized spacial score (nSPS) is 15.8. The standard InChI is InChI=1S/C14H16N4O3S/c19-14-16-13(10-2-1-3-11(8-10)18(20)21)12(22-14)9-17-6-4-15-5-7-17/h1-3,8,15H,4-7,9H2,(H,16,19). The predicted octanol–water partition coefficient (Wildman–Crippen LogP) is 1.42. The summed E-state index contributed by atoms with van der Waals surface area (Å²) in [6.45, 7) is 4.42. The van der Waals surface area contributed by atoms with Gasteiger partial charge in [-0.25, -0.2) is 0 Å². The maximum Gasteiger partial charge on any atom is 0.305 e. The number of non-ortho nitro benzene ring substituents is 1. The van der Waals surface area contributed by atoms with E-state index in [0.717, 1.165) is 31.1 Å². The highest BCUT2D eigenvalue weighted by Crippen LogP contribution is 2.27. The molecule has 1 aromatic carbocycles. The van der Waals surface area contributed by atoms with Gasteiger partial charge in [-0.1, -0.05) is 23.5 Å². The van der Waals surface area contributed by atoms with Crippen molar-refractivity contribution in [3.8, 4) is 11.3 Å². The number of aromatic nitrogens is 1. The van der Waals surface area contributed by atoms with Crippen LogP contribution in [0.3, 0.4) is 0 Å². The molecule has 7 nitrogen and oxygen atoms in total. The number of nitrogens with zero attached hydrogens (tertiary/aromatic N) is 2. The van der Waals surface area contributed by atoms with Gasteiger partial charge in [-0.05, 0) is 0 Å². The van der Waals surface area contributed by atoms with E-state index in [9.17, 15) is 14.9 Å². The van der Waals surface area contributed by atoms with Gasteiger partial charge in [0.25, 0.3) is 5.69 Å². The quantitative estimate of drug-likeness (QED) is 0.656.